The molecule has 0 bridgehead atoms. The molecule has 1 amide bonds. The number of rotatable bonds is 7. The molecule has 0 aliphatic carbocycles. The van der Waals surface area contributed by atoms with E-state index in [1.165, 1.54) is 0 Å². The van der Waals surface area contributed by atoms with Crippen molar-refractivity contribution in [2.45, 2.75) is 23.8 Å². The van der Waals surface area contributed by atoms with Crippen LogP contribution in [0.4, 0.5) is 0 Å². The van der Waals surface area contributed by atoms with Crippen LogP contribution in [0.2, 0.25) is 0 Å². The van der Waals surface area contributed by atoms with Crippen molar-refractivity contribution < 1.29 is 19.0 Å². The number of carbonyl (C=O) groups is 1. The zero-order valence-electron chi connectivity index (χ0n) is 17.0. The summed E-state index contributed by atoms with van der Waals surface area (Å²) in [6.45, 7) is 1.43. The number of nitrogens with zero attached hydrogens (tertiary/aromatic N) is 2. The predicted molar refractivity (Wildman–Crippen MR) is 120 cm³/mol. The lowest BCUT2D eigenvalue weighted by atomic mass is 10.1. The molecule has 0 atom stereocenters. The number of thioether (sulfide) groups is 1. The highest BCUT2D eigenvalue weighted by atomic mass is 32.2. The van der Waals surface area contributed by atoms with Crippen molar-refractivity contribution in [3.8, 4) is 16.7 Å². The summed E-state index contributed by atoms with van der Waals surface area (Å²) in [6.07, 6.45) is 1.72. The molecule has 1 aromatic heterocycles. The van der Waals surface area contributed by atoms with Gasteiger partial charge in [0.25, 0.3) is 5.19 Å². The number of amides is 1. The highest BCUT2D eigenvalue weighted by Crippen LogP contribution is 2.32. The fourth-order valence-electron chi connectivity index (χ4n) is 3.34. The van der Waals surface area contributed by atoms with E-state index < -0.39 is 0 Å². The number of ether oxygens (including phenoxy) is 3. The molecule has 0 spiro atoms. The normalized spacial score (nSPS) is 14.7. The fourth-order valence-corrected chi connectivity index (χ4v) is 5.00. The molecular weight excluding hydrogens is 420 g/mol. The summed E-state index contributed by atoms with van der Waals surface area (Å²) in [7, 11) is 3.29. The number of fused-ring (bicyclic) bond motifs is 1. The van der Waals surface area contributed by atoms with Crippen molar-refractivity contribution in [1.82, 2.24) is 9.88 Å². The number of thiazole rings is 1. The topological polar surface area (TPSA) is 60.9 Å². The van der Waals surface area contributed by atoms with Gasteiger partial charge in [-0.05, 0) is 36.4 Å². The first-order chi connectivity index (χ1) is 14.6. The van der Waals surface area contributed by atoms with Crippen molar-refractivity contribution in [1.29, 1.82) is 0 Å². The molecule has 1 aliphatic heterocycles. The number of piperidine rings is 1. The smallest absolute Gasteiger partial charge is 0.274 e. The number of aromatic nitrogens is 1. The summed E-state index contributed by atoms with van der Waals surface area (Å²) < 4.78 is 17.6. The summed E-state index contributed by atoms with van der Waals surface area (Å²) in [4.78, 5) is 20.1. The Kier molecular flexibility index (Phi) is 6.64. The molecule has 6 nitrogen and oxygen atoms in total. The summed E-state index contributed by atoms with van der Waals surface area (Å²) >= 11 is 3.10. The van der Waals surface area contributed by atoms with Gasteiger partial charge < -0.3 is 19.1 Å². The molecule has 158 valence electrons. The molecule has 0 N–H and O–H groups in total. The van der Waals surface area contributed by atoms with Crippen LogP contribution >= 0.6 is 23.1 Å². The highest BCUT2D eigenvalue weighted by molar-refractivity contribution is 8.00. The van der Waals surface area contributed by atoms with E-state index in [4.69, 9.17) is 14.2 Å². The third kappa shape index (κ3) is 4.99. The third-order valence-electron chi connectivity index (χ3n) is 5.06. The van der Waals surface area contributed by atoms with E-state index >= 15 is 0 Å². The molecule has 2 aromatic carbocycles. The Morgan fingerprint density at radius 3 is 2.50 bits per heavy atom. The molecule has 3 aromatic rings. The predicted octanol–water partition coefficient (Wildman–Crippen LogP) is 4.48. The van der Waals surface area contributed by atoms with Crippen LogP contribution in [0.15, 0.2) is 47.4 Å². The van der Waals surface area contributed by atoms with E-state index in [1.807, 2.05) is 47.4 Å². The average Bonchev–Trinajstić information content (AvgIpc) is 3.19. The Bertz CT molecular complexity index is 998. The summed E-state index contributed by atoms with van der Waals surface area (Å²) in [5.41, 5.74) is 0.887. The minimum Gasteiger partial charge on any atom is -0.497 e. The van der Waals surface area contributed by atoms with Gasteiger partial charge in [-0.25, -0.2) is 4.98 Å². The van der Waals surface area contributed by atoms with Gasteiger partial charge in [-0.2, -0.15) is 0 Å². The van der Waals surface area contributed by atoms with Gasteiger partial charge in [0.1, 0.15) is 17.6 Å². The Morgan fingerprint density at radius 2 is 1.80 bits per heavy atom. The number of hydrogen-bond donors (Lipinski definition) is 0. The maximum absolute atomic E-state index is 12.6. The zero-order chi connectivity index (χ0) is 20.9. The van der Waals surface area contributed by atoms with Crippen molar-refractivity contribution >= 4 is 39.2 Å². The molecule has 0 radical (unpaired) electrons. The largest absolute Gasteiger partial charge is 0.497 e. The molecule has 0 unspecified atom stereocenters. The minimum atomic E-state index is 0.0887. The summed E-state index contributed by atoms with van der Waals surface area (Å²) in [5, 5.41) is 0.679. The lowest BCUT2D eigenvalue weighted by Crippen LogP contribution is -2.42. The van der Waals surface area contributed by atoms with Crippen molar-refractivity contribution in [3.63, 3.8) is 0 Å². The Labute approximate surface area is 184 Å². The second-order valence-corrected chi connectivity index (χ2v) is 9.02. The monoisotopic (exact) mass is 444 g/mol. The molecule has 8 heteroatoms. The van der Waals surface area contributed by atoms with Crippen molar-refractivity contribution in [3.05, 3.63) is 42.5 Å². The summed E-state index contributed by atoms with van der Waals surface area (Å²) in [6, 6.07) is 13.6. The van der Waals surface area contributed by atoms with Crippen molar-refractivity contribution in [2.75, 3.05) is 33.1 Å². The number of likely N-dealkylation sites (tertiary alicyclic amines) is 1. The van der Waals surface area contributed by atoms with Gasteiger partial charge in [-0.15, -0.1) is 11.8 Å². The first-order valence-electron chi connectivity index (χ1n) is 9.80. The van der Waals surface area contributed by atoms with Gasteiger partial charge in [-0.1, -0.05) is 11.3 Å². The standard InChI is InChI=1S/C22H24N2O4S2/c1-26-15-3-6-18(7-4-15)29-14-21(25)24-11-9-16(10-12-24)28-22-23-19-13-17(27-2)5-8-20(19)30-22/h3-8,13,16H,9-12,14H2,1-2H3. The van der Waals surface area contributed by atoms with Gasteiger partial charge >= 0.3 is 0 Å². The number of benzene rings is 2. The number of carbonyl (C=O) groups excluding carboxylic acids is 1. The van der Waals surface area contributed by atoms with Crippen LogP contribution in [0, 0.1) is 0 Å². The zero-order valence-corrected chi connectivity index (χ0v) is 18.6. The van der Waals surface area contributed by atoms with Crippen LogP contribution in [0.1, 0.15) is 12.8 Å². The van der Waals surface area contributed by atoms with Crippen LogP contribution in [-0.2, 0) is 4.79 Å². The lowest BCUT2D eigenvalue weighted by Gasteiger charge is -2.31. The van der Waals surface area contributed by atoms with E-state index in [9.17, 15) is 4.79 Å². The van der Waals surface area contributed by atoms with Crippen LogP contribution in [0.25, 0.3) is 10.2 Å². The molecular formula is C22H24N2O4S2. The molecule has 1 saturated heterocycles. The molecule has 2 heterocycles. The Balaban J connectivity index is 1.25. The minimum absolute atomic E-state index is 0.0887. The van der Waals surface area contributed by atoms with Crippen LogP contribution in [-0.4, -0.2) is 55.0 Å². The third-order valence-corrected chi connectivity index (χ3v) is 6.98. The van der Waals surface area contributed by atoms with Crippen LogP contribution < -0.4 is 14.2 Å². The second kappa shape index (κ2) is 9.57. The first-order valence-corrected chi connectivity index (χ1v) is 11.6. The van der Waals surface area contributed by atoms with Crippen molar-refractivity contribution in [2.24, 2.45) is 0 Å². The average molecular weight is 445 g/mol. The molecule has 30 heavy (non-hydrogen) atoms. The number of methoxy groups -OCH3 is 2. The second-order valence-electron chi connectivity index (χ2n) is 6.98. The molecule has 1 fully saturated rings. The number of hydrogen-bond acceptors (Lipinski definition) is 7. The SMILES string of the molecule is COc1ccc(SCC(=O)N2CCC(Oc3nc4cc(OC)ccc4s3)CC2)cc1. The van der Waals surface area contributed by atoms with E-state index in [2.05, 4.69) is 4.98 Å². The molecule has 4 rings (SSSR count). The Morgan fingerprint density at radius 1 is 1.10 bits per heavy atom. The lowest BCUT2D eigenvalue weighted by molar-refractivity contribution is -0.130. The van der Waals surface area contributed by atoms with E-state index in [1.54, 1.807) is 37.3 Å². The summed E-state index contributed by atoms with van der Waals surface area (Å²) in [5.74, 6) is 2.22. The highest BCUT2D eigenvalue weighted by Gasteiger charge is 2.24. The van der Waals surface area contributed by atoms with Gasteiger partial charge in [0, 0.05) is 36.9 Å². The van der Waals surface area contributed by atoms with E-state index in [0.29, 0.717) is 24.0 Å². The van der Waals surface area contributed by atoms with Gasteiger partial charge in [0.05, 0.1) is 30.2 Å². The maximum Gasteiger partial charge on any atom is 0.274 e. The first kappa shape index (κ1) is 20.8. The van der Waals surface area contributed by atoms with E-state index in [-0.39, 0.29) is 12.0 Å². The Hall–Kier alpha value is -2.45. The molecule has 1 aliphatic rings. The van der Waals surface area contributed by atoms with Crippen LogP contribution in [0.5, 0.6) is 16.7 Å². The van der Waals surface area contributed by atoms with Gasteiger partial charge in [-0.3, -0.25) is 4.79 Å². The quantitative estimate of drug-likeness (QED) is 0.501. The van der Waals surface area contributed by atoms with Gasteiger partial charge in [0.2, 0.25) is 5.91 Å². The fraction of sp³-hybridized carbons (Fsp3) is 0.364. The maximum atomic E-state index is 12.6. The van der Waals surface area contributed by atoms with Crippen LogP contribution in [0.3, 0.4) is 0 Å². The van der Waals surface area contributed by atoms with Gasteiger partial charge in [0.15, 0.2) is 0 Å². The molecule has 0 saturated carbocycles. The van der Waals surface area contributed by atoms with E-state index in [0.717, 1.165) is 39.5 Å².